The minimum atomic E-state index is -0.111. The summed E-state index contributed by atoms with van der Waals surface area (Å²) in [5.41, 5.74) is 2.83. The van der Waals surface area contributed by atoms with Crippen LogP contribution < -0.4 is 15.4 Å². The fourth-order valence-corrected chi connectivity index (χ4v) is 3.95. The monoisotopic (exact) mass is 467 g/mol. The molecule has 174 valence electrons. The van der Waals surface area contributed by atoms with E-state index < -0.39 is 0 Å². The highest BCUT2D eigenvalue weighted by molar-refractivity contribution is 7.99. The molecule has 0 unspecified atom stereocenters. The van der Waals surface area contributed by atoms with Gasteiger partial charge in [0.1, 0.15) is 5.75 Å². The van der Waals surface area contributed by atoms with Crippen molar-refractivity contribution in [3.05, 3.63) is 65.5 Å². The lowest BCUT2D eigenvalue weighted by Gasteiger charge is -2.13. The molecule has 0 bridgehead atoms. The lowest BCUT2D eigenvalue weighted by molar-refractivity contribution is -0.120. The maximum atomic E-state index is 12.5. The summed E-state index contributed by atoms with van der Waals surface area (Å²) in [6.07, 6.45) is 0.265. The molecule has 2 aromatic carbocycles. The topological polar surface area (TPSA) is 98.1 Å². The van der Waals surface area contributed by atoms with Gasteiger partial charge in [-0.1, -0.05) is 55.9 Å². The van der Waals surface area contributed by atoms with Crippen LogP contribution in [0.25, 0.3) is 0 Å². The van der Waals surface area contributed by atoms with Crippen LogP contribution in [0.2, 0.25) is 0 Å². The Morgan fingerprint density at radius 1 is 1.06 bits per heavy atom. The van der Waals surface area contributed by atoms with Crippen LogP contribution in [-0.2, 0) is 29.6 Å². The predicted molar refractivity (Wildman–Crippen MR) is 129 cm³/mol. The van der Waals surface area contributed by atoms with E-state index in [9.17, 15) is 9.59 Å². The summed E-state index contributed by atoms with van der Waals surface area (Å²) in [7, 11) is 3.42. The van der Waals surface area contributed by atoms with Crippen molar-refractivity contribution in [1.82, 2.24) is 20.1 Å². The van der Waals surface area contributed by atoms with E-state index in [4.69, 9.17) is 4.74 Å². The van der Waals surface area contributed by atoms with Gasteiger partial charge >= 0.3 is 0 Å². The highest BCUT2D eigenvalue weighted by Crippen LogP contribution is 2.24. The van der Waals surface area contributed by atoms with Crippen LogP contribution in [-0.4, -0.2) is 39.4 Å². The van der Waals surface area contributed by atoms with Crippen LogP contribution in [0.1, 0.15) is 36.7 Å². The van der Waals surface area contributed by atoms with Gasteiger partial charge in [0.25, 0.3) is 0 Å². The summed E-state index contributed by atoms with van der Waals surface area (Å²) >= 11 is 1.30. The van der Waals surface area contributed by atoms with Gasteiger partial charge in [-0.3, -0.25) is 9.59 Å². The Morgan fingerprint density at radius 2 is 1.79 bits per heavy atom. The van der Waals surface area contributed by atoms with E-state index in [0.29, 0.717) is 16.9 Å². The number of anilines is 1. The first-order chi connectivity index (χ1) is 15.9. The number of aromatic nitrogens is 3. The molecule has 8 nitrogen and oxygen atoms in total. The number of benzene rings is 2. The van der Waals surface area contributed by atoms with Crippen molar-refractivity contribution >= 4 is 29.3 Å². The van der Waals surface area contributed by atoms with Crippen molar-refractivity contribution < 1.29 is 14.3 Å². The zero-order valence-electron chi connectivity index (χ0n) is 19.3. The summed E-state index contributed by atoms with van der Waals surface area (Å²) in [6, 6.07) is 15.2. The molecule has 0 spiro atoms. The smallest absolute Gasteiger partial charge is 0.234 e. The van der Waals surface area contributed by atoms with Crippen LogP contribution in [0.3, 0.4) is 0 Å². The van der Waals surface area contributed by atoms with E-state index in [1.165, 1.54) is 11.8 Å². The number of hydrogen-bond acceptors (Lipinski definition) is 6. The molecule has 3 rings (SSSR count). The quantitative estimate of drug-likeness (QED) is 0.443. The number of para-hydroxylation sites is 1. The van der Waals surface area contributed by atoms with Gasteiger partial charge in [0.2, 0.25) is 11.8 Å². The number of carbonyl (C=O) groups is 2. The first kappa shape index (κ1) is 24.3. The highest BCUT2D eigenvalue weighted by Gasteiger charge is 2.14. The number of amides is 2. The van der Waals surface area contributed by atoms with E-state index in [0.717, 1.165) is 22.6 Å². The molecule has 2 amide bonds. The maximum Gasteiger partial charge on any atom is 0.234 e. The number of nitrogens with zero attached hydrogens (tertiary/aromatic N) is 3. The maximum absolute atomic E-state index is 12.5. The second kappa shape index (κ2) is 11.5. The molecule has 3 aromatic rings. The molecule has 0 atom stereocenters. The van der Waals surface area contributed by atoms with Gasteiger partial charge in [-0.05, 0) is 35.2 Å². The van der Waals surface area contributed by atoms with Crippen molar-refractivity contribution in [3.63, 3.8) is 0 Å². The van der Waals surface area contributed by atoms with Crippen LogP contribution >= 0.6 is 11.8 Å². The molecule has 0 aliphatic carbocycles. The number of thioether (sulfide) groups is 1. The molecule has 0 aliphatic heterocycles. The molecular formula is C24H29N5O3S. The van der Waals surface area contributed by atoms with Crippen LogP contribution in [0.4, 0.5) is 5.69 Å². The van der Waals surface area contributed by atoms with Crippen molar-refractivity contribution in [1.29, 1.82) is 0 Å². The van der Waals surface area contributed by atoms with Crippen molar-refractivity contribution in [2.24, 2.45) is 7.05 Å². The van der Waals surface area contributed by atoms with E-state index >= 15 is 0 Å². The van der Waals surface area contributed by atoms with Crippen molar-refractivity contribution in [3.8, 4) is 5.75 Å². The molecular weight excluding hydrogens is 438 g/mol. The van der Waals surface area contributed by atoms with Gasteiger partial charge in [-0.15, -0.1) is 10.2 Å². The highest BCUT2D eigenvalue weighted by atomic mass is 32.2. The van der Waals surface area contributed by atoms with Gasteiger partial charge < -0.3 is 19.9 Å². The second-order valence-corrected chi connectivity index (χ2v) is 8.78. The molecule has 0 fully saturated rings. The molecule has 0 saturated heterocycles. The summed E-state index contributed by atoms with van der Waals surface area (Å²) < 4.78 is 6.91. The molecule has 1 heterocycles. The van der Waals surface area contributed by atoms with Crippen LogP contribution in [0, 0.1) is 0 Å². The Morgan fingerprint density at radius 3 is 2.48 bits per heavy atom. The number of hydrogen-bond donors (Lipinski definition) is 2. The van der Waals surface area contributed by atoms with Crippen molar-refractivity contribution in [2.45, 2.75) is 37.9 Å². The number of nitrogens with one attached hydrogen (secondary N) is 2. The van der Waals surface area contributed by atoms with Crippen LogP contribution in [0.5, 0.6) is 5.75 Å². The third-order valence-electron chi connectivity index (χ3n) is 5.08. The van der Waals surface area contributed by atoms with E-state index in [1.807, 2.05) is 55.6 Å². The summed E-state index contributed by atoms with van der Waals surface area (Å²) in [5.74, 6) is 1.68. The summed E-state index contributed by atoms with van der Waals surface area (Å²) in [6.45, 7) is 4.44. The first-order valence-electron chi connectivity index (χ1n) is 10.7. The van der Waals surface area contributed by atoms with Gasteiger partial charge in [-0.25, -0.2) is 0 Å². The standard InChI is InChI=1S/C24H29N5O3S/c1-16(2)19-7-5-6-8-20(19)26-23(31)15-33-24-28-27-21(29(24)3)14-25-22(30)13-17-9-11-18(32-4)12-10-17/h5-12,16H,13-15H2,1-4H3,(H,25,30)(H,26,31). The number of carbonyl (C=O) groups excluding carboxylic acids is 2. The third-order valence-corrected chi connectivity index (χ3v) is 6.10. The Hall–Kier alpha value is -3.33. The zero-order chi connectivity index (χ0) is 23.8. The molecule has 33 heavy (non-hydrogen) atoms. The number of rotatable bonds is 10. The zero-order valence-corrected chi connectivity index (χ0v) is 20.1. The molecule has 0 radical (unpaired) electrons. The molecule has 0 saturated carbocycles. The second-order valence-electron chi connectivity index (χ2n) is 7.84. The van der Waals surface area contributed by atoms with E-state index in [-0.39, 0.29) is 30.5 Å². The summed E-state index contributed by atoms with van der Waals surface area (Å²) in [5, 5.41) is 14.7. The molecule has 0 aliphatic rings. The Balaban J connectivity index is 1.49. The minimum absolute atomic E-state index is 0.106. The predicted octanol–water partition coefficient (Wildman–Crippen LogP) is 3.54. The van der Waals surface area contributed by atoms with Gasteiger partial charge in [0.05, 0.1) is 25.8 Å². The van der Waals surface area contributed by atoms with E-state index in [1.54, 1.807) is 11.7 Å². The lowest BCUT2D eigenvalue weighted by Crippen LogP contribution is -2.26. The molecule has 2 N–H and O–H groups in total. The number of methoxy groups -OCH3 is 1. The van der Waals surface area contributed by atoms with Crippen LogP contribution in [0.15, 0.2) is 53.7 Å². The average Bonchev–Trinajstić information content (AvgIpc) is 3.16. The number of ether oxygens (including phenoxy) is 1. The van der Waals surface area contributed by atoms with E-state index in [2.05, 4.69) is 34.7 Å². The Bertz CT molecular complexity index is 1100. The van der Waals surface area contributed by atoms with Gasteiger partial charge in [0, 0.05) is 12.7 Å². The fourth-order valence-electron chi connectivity index (χ4n) is 3.22. The lowest BCUT2D eigenvalue weighted by atomic mass is 10.0. The largest absolute Gasteiger partial charge is 0.497 e. The van der Waals surface area contributed by atoms with Crippen molar-refractivity contribution in [2.75, 3.05) is 18.2 Å². The Labute approximate surface area is 198 Å². The SMILES string of the molecule is COc1ccc(CC(=O)NCc2nnc(SCC(=O)Nc3ccccc3C(C)C)n2C)cc1. The minimum Gasteiger partial charge on any atom is -0.497 e. The van der Waals surface area contributed by atoms with Gasteiger partial charge in [-0.2, -0.15) is 0 Å². The molecule has 9 heteroatoms. The normalized spacial score (nSPS) is 10.8. The van der Waals surface area contributed by atoms with Gasteiger partial charge in [0.15, 0.2) is 11.0 Å². The fraction of sp³-hybridized carbons (Fsp3) is 0.333. The average molecular weight is 468 g/mol. The Kier molecular flexibility index (Phi) is 8.48. The molecule has 1 aromatic heterocycles. The first-order valence-corrected chi connectivity index (χ1v) is 11.7. The third kappa shape index (κ3) is 6.82. The summed E-state index contributed by atoms with van der Waals surface area (Å²) in [4.78, 5) is 24.7.